The van der Waals surface area contributed by atoms with Crippen molar-refractivity contribution in [2.75, 3.05) is 26.2 Å². The number of nitrogens with zero attached hydrogens (tertiary/aromatic N) is 1. The van der Waals surface area contributed by atoms with Gasteiger partial charge in [0.25, 0.3) is 5.91 Å². The van der Waals surface area contributed by atoms with Crippen molar-refractivity contribution >= 4 is 29.1 Å². The van der Waals surface area contributed by atoms with E-state index in [9.17, 15) is 4.79 Å². The van der Waals surface area contributed by atoms with Crippen LogP contribution in [0.25, 0.3) is 0 Å². The first-order valence-electron chi connectivity index (χ1n) is 7.17. The highest BCUT2D eigenvalue weighted by molar-refractivity contribution is 6.35. The average Bonchev–Trinajstić information content (AvgIpc) is 2.46. The molecule has 0 saturated carbocycles. The highest BCUT2D eigenvalue weighted by atomic mass is 35.5. The van der Waals surface area contributed by atoms with Crippen molar-refractivity contribution in [3.63, 3.8) is 0 Å². The summed E-state index contributed by atoms with van der Waals surface area (Å²) in [4.78, 5) is 14.2. The number of halogens is 2. The molecular formula is C15H20Cl2N2O2. The van der Waals surface area contributed by atoms with Crippen molar-refractivity contribution in [2.24, 2.45) is 5.73 Å². The number of carbonyl (C=O) groups excluding carboxylic acids is 1. The van der Waals surface area contributed by atoms with E-state index >= 15 is 0 Å². The number of ether oxygens (including phenoxy) is 1. The van der Waals surface area contributed by atoms with Gasteiger partial charge in [0.2, 0.25) is 0 Å². The third kappa shape index (κ3) is 4.85. The zero-order valence-electron chi connectivity index (χ0n) is 11.9. The second-order valence-electron chi connectivity index (χ2n) is 5.16. The van der Waals surface area contributed by atoms with Gasteiger partial charge >= 0.3 is 0 Å². The van der Waals surface area contributed by atoms with Crippen LogP contribution in [0.4, 0.5) is 0 Å². The maximum Gasteiger partial charge on any atom is 0.253 e. The Morgan fingerprint density at radius 2 is 1.86 bits per heavy atom. The minimum atomic E-state index is -0.0280. The molecule has 0 bridgehead atoms. The predicted molar refractivity (Wildman–Crippen MR) is 85.0 cm³/mol. The molecule has 1 amide bonds. The highest BCUT2D eigenvalue weighted by Gasteiger charge is 2.24. The van der Waals surface area contributed by atoms with Crippen LogP contribution in [0.3, 0.4) is 0 Å². The van der Waals surface area contributed by atoms with E-state index in [2.05, 4.69) is 0 Å². The van der Waals surface area contributed by atoms with Crippen LogP contribution >= 0.6 is 23.2 Å². The molecule has 116 valence electrons. The van der Waals surface area contributed by atoms with Crippen molar-refractivity contribution in [1.82, 2.24) is 4.90 Å². The van der Waals surface area contributed by atoms with Crippen LogP contribution in [-0.2, 0) is 4.74 Å². The van der Waals surface area contributed by atoms with Crippen LogP contribution in [0.5, 0.6) is 0 Å². The fraction of sp³-hybridized carbons (Fsp3) is 0.533. The lowest BCUT2D eigenvalue weighted by Gasteiger charge is -2.32. The van der Waals surface area contributed by atoms with E-state index in [0.717, 1.165) is 19.3 Å². The molecular weight excluding hydrogens is 311 g/mol. The number of hydrogen-bond acceptors (Lipinski definition) is 3. The maximum atomic E-state index is 12.4. The molecule has 1 aliphatic rings. The van der Waals surface area contributed by atoms with E-state index in [1.165, 1.54) is 0 Å². The van der Waals surface area contributed by atoms with Gasteiger partial charge in [-0.25, -0.2) is 0 Å². The Labute approximate surface area is 135 Å². The molecule has 1 fully saturated rings. The average molecular weight is 331 g/mol. The molecule has 6 heteroatoms. The lowest BCUT2D eigenvalue weighted by atomic mass is 10.1. The Balaban J connectivity index is 1.88. The second-order valence-corrected chi connectivity index (χ2v) is 6.04. The number of nitrogens with two attached hydrogens (primary N) is 1. The van der Waals surface area contributed by atoms with Crippen LogP contribution in [0.2, 0.25) is 10.0 Å². The quantitative estimate of drug-likeness (QED) is 0.844. The summed E-state index contributed by atoms with van der Waals surface area (Å²) >= 11 is 11.9. The number of benzene rings is 1. The molecule has 0 atom stereocenters. The Hall–Kier alpha value is -0.810. The van der Waals surface area contributed by atoms with Gasteiger partial charge in [-0.1, -0.05) is 23.2 Å². The number of rotatable bonds is 5. The summed E-state index contributed by atoms with van der Waals surface area (Å²) in [5, 5.41) is 0.955. The molecule has 2 rings (SSSR count). The zero-order valence-corrected chi connectivity index (χ0v) is 13.4. The van der Waals surface area contributed by atoms with Gasteiger partial charge in [-0.2, -0.15) is 0 Å². The second kappa shape index (κ2) is 7.99. The van der Waals surface area contributed by atoms with Crippen LogP contribution in [0.15, 0.2) is 18.2 Å². The monoisotopic (exact) mass is 330 g/mol. The fourth-order valence-electron chi connectivity index (χ4n) is 2.42. The molecule has 0 radical (unpaired) electrons. The predicted octanol–water partition coefficient (Wildman–Crippen LogP) is 2.96. The Morgan fingerprint density at radius 1 is 1.24 bits per heavy atom. The molecule has 1 aliphatic heterocycles. The summed E-state index contributed by atoms with van der Waals surface area (Å²) in [5.41, 5.74) is 5.98. The van der Waals surface area contributed by atoms with E-state index in [0.29, 0.717) is 41.8 Å². The van der Waals surface area contributed by atoms with Crippen molar-refractivity contribution in [3.8, 4) is 0 Å². The van der Waals surface area contributed by atoms with Gasteiger partial charge in [-0.05, 0) is 44.0 Å². The normalized spacial score (nSPS) is 16.2. The zero-order chi connectivity index (χ0) is 15.2. The number of likely N-dealkylation sites (tertiary alicyclic amines) is 1. The molecule has 0 aromatic heterocycles. The number of carbonyl (C=O) groups is 1. The molecule has 1 saturated heterocycles. The van der Waals surface area contributed by atoms with E-state index in [1.807, 2.05) is 4.90 Å². The van der Waals surface area contributed by atoms with Gasteiger partial charge in [-0.15, -0.1) is 0 Å². The van der Waals surface area contributed by atoms with E-state index in [1.54, 1.807) is 18.2 Å². The van der Waals surface area contributed by atoms with Gasteiger partial charge < -0.3 is 15.4 Å². The van der Waals surface area contributed by atoms with Crippen molar-refractivity contribution in [3.05, 3.63) is 33.8 Å². The van der Waals surface area contributed by atoms with Crippen LogP contribution in [-0.4, -0.2) is 43.2 Å². The minimum Gasteiger partial charge on any atom is -0.378 e. The summed E-state index contributed by atoms with van der Waals surface area (Å²) in [6.07, 6.45) is 2.80. The largest absolute Gasteiger partial charge is 0.378 e. The van der Waals surface area contributed by atoms with E-state index < -0.39 is 0 Å². The summed E-state index contributed by atoms with van der Waals surface area (Å²) in [7, 11) is 0. The first kappa shape index (κ1) is 16.6. The van der Waals surface area contributed by atoms with Gasteiger partial charge in [0.1, 0.15) is 0 Å². The van der Waals surface area contributed by atoms with Gasteiger partial charge in [0.05, 0.1) is 6.10 Å². The molecule has 0 unspecified atom stereocenters. The number of piperidine rings is 1. The lowest BCUT2D eigenvalue weighted by molar-refractivity contribution is 0.00845. The van der Waals surface area contributed by atoms with Crippen LogP contribution in [0, 0.1) is 0 Å². The Morgan fingerprint density at radius 3 is 2.43 bits per heavy atom. The SMILES string of the molecule is NCCCOC1CCN(C(=O)c2cc(Cl)cc(Cl)c2)CC1. The van der Waals surface area contributed by atoms with Crippen molar-refractivity contribution < 1.29 is 9.53 Å². The summed E-state index contributed by atoms with van der Waals surface area (Å²) in [6, 6.07) is 4.93. The van der Waals surface area contributed by atoms with E-state index in [4.69, 9.17) is 33.7 Å². The first-order valence-corrected chi connectivity index (χ1v) is 7.93. The lowest BCUT2D eigenvalue weighted by Crippen LogP contribution is -2.41. The van der Waals surface area contributed by atoms with Crippen molar-refractivity contribution in [2.45, 2.75) is 25.4 Å². The molecule has 1 aromatic rings. The van der Waals surface area contributed by atoms with Crippen LogP contribution < -0.4 is 5.73 Å². The molecule has 0 spiro atoms. The third-order valence-electron chi connectivity index (χ3n) is 3.54. The molecule has 1 aromatic carbocycles. The third-order valence-corrected chi connectivity index (χ3v) is 3.98. The molecule has 21 heavy (non-hydrogen) atoms. The van der Waals surface area contributed by atoms with Crippen molar-refractivity contribution in [1.29, 1.82) is 0 Å². The van der Waals surface area contributed by atoms with Gasteiger partial charge in [0.15, 0.2) is 0 Å². The van der Waals surface area contributed by atoms with Crippen LogP contribution in [0.1, 0.15) is 29.6 Å². The van der Waals surface area contributed by atoms with E-state index in [-0.39, 0.29) is 12.0 Å². The first-order chi connectivity index (χ1) is 10.1. The highest BCUT2D eigenvalue weighted by Crippen LogP contribution is 2.22. The maximum absolute atomic E-state index is 12.4. The minimum absolute atomic E-state index is 0.0280. The summed E-state index contributed by atoms with van der Waals surface area (Å²) < 4.78 is 5.74. The molecule has 1 heterocycles. The number of amides is 1. The number of hydrogen-bond donors (Lipinski definition) is 1. The molecule has 2 N–H and O–H groups in total. The summed E-state index contributed by atoms with van der Waals surface area (Å²) in [6.45, 7) is 2.72. The van der Waals surface area contributed by atoms with Gasteiger partial charge in [-0.3, -0.25) is 4.79 Å². The Bertz CT molecular complexity index is 468. The molecule has 0 aliphatic carbocycles. The Kier molecular flexibility index (Phi) is 6.30. The topological polar surface area (TPSA) is 55.6 Å². The smallest absolute Gasteiger partial charge is 0.253 e. The van der Waals surface area contributed by atoms with Gasteiger partial charge in [0, 0.05) is 35.3 Å². The fourth-order valence-corrected chi connectivity index (χ4v) is 2.94. The molecule has 4 nitrogen and oxygen atoms in total. The summed E-state index contributed by atoms with van der Waals surface area (Å²) in [5.74, 6) is -0.0280. The standard InChI is InChI=1S/C15H20Cl2N2O2/c16-12-8-11(9-13(17)10-12)15(20)19-5-2-14(3-6-19)21-7-1-4-18/h8-10,14H,1-7,18H2.